The van der Waals surface area contributed by atoms with Crippen molar-refractivity contribution in [3.05, 3.63) is 23.8 Å². The molecule has 3 rings (SSSR count). The van der Waals surface area contributed by atoms with E-state index in [1.54, 1.807) is 23.1 Å². The van der Waals surface area contributed by atoms with E-state index in [1.165, 1.54) is 12.0 Å². The van der Waals surface area contributed by atoms with Gasteiger partial charge in [0.05, 0.1) is 12.8 Å². The van der Waals surface area contributed by atoms with E-state index in [2.05, 4.69) is 5.32 Å². The largest absolute Gasteiger partial charge is 0.495 e. The number of Topliss-reactive ketones (excluding diaryl/α,β-unsaturated/α-hetero) is 1. The zero-order valence-corrected chi connectivity index (χ0v) is 13.9. The molecule has 2 aliphatic heterocycles. The Bertz CT molecular complexity index is 736. The molecule has 8 nitrogen and oxygen atoms in total. The summed E-state index contributed by atoms with van der Waals surface area (Å²) in [5.74, 6) is 0.0827. The SMILES string of the molecule is COc1ccc(C(=O)N2CCC(=O)CC2)cc1N1CCC(=O)NC1=O. The minimum atomic E-state index is -0.539. The van der Waals surface area contributed by atoms with E-state index < -0.39 is 6.03 Å². The monoisotopic (exact) mass is 345 g/mol. The summed E-state index contributed by atoms with van der Waals surface area (Å²) in [5.41, 5.74) is 0.848. The first-order valence-corrected chi connectivity index (χ1v) is 8.10. The van der Waals surface area contributed by atoms with Gasteiger partial charge in [-0.05, 0) is 18.2 Å². The Labute approximate surface area is 144 Å². The lowest BCUT2D eigenvalue weighted by molar-refractivity contribution is -0.121. The van der Waals surface area contributed by atoms with E-state index in [0.717, 1.165) is 0 Å². The molecule has 0 radical (unpaired) electrons. The molecule has 2 fully saturated rings. The van der Waals surface area contributed by atoms with E-state index in [9.17, 15) is 19.2 Å². The number of carbonyl (C=O) groups is 4. The average molecular weight is 345 g/mol. The number of rotatable bonds is 3. The number of ether oxygens (including phenoxy) is 1. The third-order valence-electron chi connectivity index (χ3n) is 4.38. The van der Waals surface area contributed by atoms with Crippen LogP contribution in [0.5, 0.6) is 5.75 Å². The fourth-order valence-corrected chi connectivity index (χ4v) is 2.97. The van der Waals surface area contributed by atoms with Crippen LogP contribution >= 0.6 is 0 Å². The maximum Gasteiger partial charge on any atom is 0.328 e. The van der Waals surface area contributed by atoms with Crippen LogP contribution < -0.4 is 15.0 Å². The molecular formula is C17H19N3O5. The van der Waals surface area contributed by atoms with Crippen molar-refractivity contribution in [1.29, 1.82) is 0 Å². The van der Waals surface area contributed by atoms with Gasteiger partial charge in [0.1, 0.15) is 11.5 Å². The molecule has 1 N–H and O–H groups in total. The summed E-state index contributed by atoms with van der Waals surface area (Å²) in [5, 5.41) is 2.26. The quantitative estimate of drug-likeness (QED) is 0.880. The Morgan fingerprint density at radius 3 is 2.44 bits per heavy atom. The van der Waals surface area contributed by atoms with Crippen LogP contribution in [0.3, 0.4) is 0 Å². The van der Waals surface area contributed by atoms with Crippen LogP contribution in [0.15, 0.2) is 18.2 Å². The molecule has 2 saturated heterocycles. The molecule has 4 amide bonds. The fourth-order valence-electron chi connectivity index (χ4n) is 2.97. The number of nitrogens with one attached hydrogen (secondary N) is 1. The molecule has 8 heteroatoms. The van der Waals surface area contributed by atoms with Gasteiger partial charge in [-0.1, -0.05) is 0 Å². The van der Waals surface area contributed by atoms with Crippen LogP contribution in [-0.4, -0.2) is 55.3 Å². The van der Waals surface area contributed by atoms with Gasteiger partial charge >= 0.3 is 6.03 Å². The first-order valence-electron chi connectivity index (χ1n) is 8.10. The number of methoxy groups -OCH3 is 1. The van der Waals surface area contributed by atoms with E-state index in [4.69, 9.17) is 4.74 Å². The number of piperidine rings is 1. The second-order valence-electron chi connectivity index (χ2n) is 5.97. The first-order chi connectivity index (χ1) is 12.0. The molecular weight excluding hydrogens is 326 g/mol. The van der Waals surface area contributed by atoms with Crippen molar-refractivity contribution in [3.8, 4) is 5.75 Å². The highest BCUT2D eigenvalue weighted by molar-refractivity contribution is 6.07. The molecule has 0 aromatic heterocycles. The van der Waals surface area contributed by atoms with Gasteiger partial charge in [-0.2, -0.15) is 0 Å². The number of imide groups is 1. The third-order valence-corrected chi connectivity index (χ3v) is 4.38. The van der Waals surface area contributed by atoms with Gasteiger partial charge in [0.2, 0.25) is 5.91 Å². The summed E-state index contributed by atoms with van der Waals surface area (Å²) in [7, 11) is 1.48. The van der Waals surface area contributed by atoms with Crippen molar-refractivity contribution in [1.82, 2.24) is 10.2 Å². The van der Waals surface area contributed by atoms with Crippen LogP contribution in [0.2, 0.25) is 0 Å². The van der Waals surface area contributed by atoms with Gasteiger partial charge in [-0.3, -0.25) is 24.6 Å². The molecule has 132 valence electrons. The molecule has 1 aromatic carbocycles. The van der Waals surface area contributed by atoms with Crippen LogP contribution in [0, 0.1) is 0 Å². The lowest BCUT2D eigenvalue weighted by Gasteiger charge is -2.29. The number of urea groups is 1. The summed E-state index contributed by atoms with van der Waals surface area (Å²) in [6.45, 7) is 1.02. The smallest absolute Gasteiger partial charge is 0.328 e. The average Bonchev–Trinajstić information content (AvgIpc) is 2.61. The van der Waals surface area contributed by atoms with Crippen molar-refractivity contribution in [3.63, 3.8) is 0 Å². The van der Waals surface area contributed by atoms with Gasteiger partial charge in [0.25, 0.3) is 5.91 Å². The molecule has 0 spiro atoms. The van der Waals surface area contributed by atoms with Crippen LogP contribution in [-0.2, 0) is 9.59 Å². The molecule has 1 aromatic rings. The Kier molecular flexibility index (Phi) is 4.69. The highest BCUT2D eigenvalue weighted by Gasteiger charge is 2.28. The maximum absolute atomic E-state index is 12.7. The van der Waals surface area contributed by atoms with Crippen LogP contribution in [0.4, 0.5) is 10.5 Å². The van der Waals surface area contributed by atoms with Gasteiger partial charge in [0, 0.05) is 44.5 Å². The number of benzene rings is 1. The van der Waals surface area contributed by atoms with Crippen molar-refractivity contribution >= 4 is 29.3 Å². The molecule has 0 bridgehead atoms. The molecule has 0 aliphatic carbocycles. The van der Waals surface area contributed by atoms with Crippen LogP contribution in [0.25, 0.3) is 0 Å². The zero-order valence-electron chi connectivity index (χ0n) is 13.9. The number of likely N-dealkylation sites (tertiary alicyclic amines) is 1. The summed E-state index contributed by atoms with van der Waals surface area (Å²) < 4.78 is 5.29. The van der Waals surface area contributed by atoms with Gasteiger partial charge in [0.15, 0.2) is 0 Å². The lowest BCUT2D eigenvalue weighted by atomic mass is 10.1. The summed E-state index contributed by atoms with van der Waals surface area (Å²) in [6, 6.07) is 4.31. The Morgan fingerprint density at radius 1 is 1.08 bits per heavy atom. The second kappa shape index (κ2) is 6.92. The number of hydrogen-bond acceptors (Lipinski definition) is 5. The van der Waals surface area contributed by atoms with Gasteiger partial charge in [-0.25, -0.2) is 4.79 Å². The first kappa shape index (κ1) is 16.9. The molecule has 0 saturated carbocycles. The van der Waals surface area contributed by atoms with Crippen molar-refractivity contribution in [2.24, 2.45) is 0 Å². The highest BCUT2D eigenvalue weighted by atomic mass is 16.5. The normalized spacial score (nSPS) is 18.2. The standard InChI is InChI=1S/C17H19N3O5/c1-25-14-3-2-11(16(23)19-7-4-12(21)5-8-19)10-13(14)20-9-6-15(22)18-17(20)24/h2-3,10H,4-9H2,1H3,(H,18,22,24). The maximum atomic E-state index is 12.7. The molecule has 25 heavy (non-hydrogen) atoms. The lowest BCUT2D eigenvalue weighted by Crippen LogP contribution is -2.49. The topological polar surface area (TPSA) is 96.0 Å². The number of hydrogen-bond donors (Lipinski definition) is 1. The molecule has 0 atom stereocenters. The zero-order chi connectivity index (χ0) is 18.0. The summed E-state index contributed by atoms with van der Waals surface area (Å²) in [4.78, 5) is 50.5. The number of ketones is 1. The van der Waals surface area contributed by atoms with E-state index >= 15 is 0 Å². The van der Waals surface area contributed by atoms with E-state index in [1.807, 2.05) is 0 Å². The number of anilines is 1. The van der Waals surface area contributed by atoms with Crippen molar-refractivity contribution in [2.75, 3.05) is 31.6 Å². The Balaban J connectivity index is 1.87. The Morgan fingerprint density at radius 2 is 1.80 bits per heavy atom. The van der Waals surface area contributed by atoms with E-state index in [0.29, 0.717) is 42.9 Å². The Hall–Kier alpha value is -2.90. The third kappa shape index (κ3) is 3.47. The minimum absolute atomic E-state index is 0.161. The number of carbonyl (C=O) groups excluding carboxylic acids is 4. The predicted octanol–water partition coefficient (Wildman–Crippen LogP) is 0.947. The number of amides is 4. The number of nitrogens with zero attached hydrogens (tertiary/aromatic N) is 2. The highest BCUT2D eigenvalue weighted by Crippen LogP contribution is 2.31. The van der Waals surface area contributed by atoms with Crippen LogP contribution in [0.1, 0.15) is 29.6 Å². The summed E-state index contributed by atoms with van der Waals surface area (Å²) in [6.07, 6.45) is 0.915. The molecule has 2 aliphatic rings. The molecule has 0 unspecified atom stereocenters. The van der Waals surface area contributed by atoms with E-state index in [-0.39, 0.29) is 30.6 Å². The predicted molar refractivity (Wildman–Crippen MR) is 88.6 cm³/mol. The van der Waals surface area contributed by atoms with Crippen molar-refractivity contribution in [2.45, 2.75) is 19.3 Å². The van der Waals surface area contributed by atoms with Gasteiger partial charge in [-0.15, -0.1) is 0 Å². The minimum Gasteiger partial charge on any atom is -0.495 e. The van der Waals surface area contributed by atoms with Gasteiger partial charge < -0.3 is 9.64 Å². The van der Waals surface area contributed by atoms with Crippen molar-refractivity contribution < 1.29 is 23.9 Å². The second-order valence-corrected chi connectivity index (χ2v) is 5.97. The fraction of sp³-hybridized carbons (Fsp3) is 0.412. The summed E-state index contributed by atoms with van der Waals surface area (Å²) >= 11 is 0. The molecule has 2 heterocycles.